The molecule has 10 heteroatoms. The van der Waals surface area contributed by atoms with E-state index in [0.29, 0.717) is 29.0 Å². The topological polar surface area (TPSA) is 77.5 Å². The average Bonchev–Trinajstić information content (AvgIpc) is 2.95. The smallest absolute Gasteiger partial charge is 0.333 e. The fourth-order valence-electron chi connectivity index (χ4n) is 2.74. The van der Waals surface area contributed by atoms with Gasteiger partial charge in [0, 0.05) is 23.9 Å². The largest absolute Gasteiger partial charge is 0.465 e. The fraction of sp³-hybridized carbons (Fsp3) is 0.375. The van der Waals surface area contributed by atoms with Gasteiger partial charge in [0.05, 0.1) is 23.7 Å². The summed E-state index contributed by atoms with van der Waals surface area (Å²) in [6, 6.07) is 4.46. The molecular weight excluding hydrogens is 371 g/mol. The highest BCUT2D eigenvalue weighted by atomic mass is 35.5. The third-order valence-electron chi connectivity index (χ3n) is 4.16. The number of alkyl halides is 2. The van der Waals surface area contributed by atoms with Crippen molar-refractivity contribution in [3.8, 4) is 0 Å². The first-order valence-electron chi connectivity index (χ1n) is 7.82. The van der Waals surface area contributed by atoms with E-state index in [4.69, 9.17) is 22.1 Å². The fourth-order valence-corrected chi connectivity index (χ4v) is 2.95. The molecule has 1 aromatic carbocycles. The summed E-state index contributed by atoms with van der Waals surface area (Å²) in [5.74, 6) is -0.420. The van der Waals surface area contributed by atoms with E-state index in [1.165, 1.54) is 12.1 Å². The van der Waals surface area contributed by atoms with Gasteiger partial charge in [-0.1, -0.05) is 11.6 Å². The maximum Gasteiger partial charge on any atom is 0.333 e. The molecule has 1 aromatic heterocycles. The van der Waals surface area contributed by atoms with E-state index >= 15 is 0 Å². The number of anilines is 1. The van der Waals surface area contributed by atoms with Crippen molar-refractivity contribution in [1.29, 1.82) is 0 Å². The highest BCUT2D eigenvalue weighted by Crippen LogP contribution is 2.35. The summed E-state index contributed by atoms with van der Waals surface area (Å²) in [6.45, 7) is -0.556. The molecule has 3 N–H and O–H groups in total. The minimum atomic E-state index is -2.77. The number of aromatic nitrogens is 2. The van der Waals surface area contributed by atoms with Crippen molar-refractivity contribution < 1.29 is 17.9 Å². The second-order valence-electron chi connectivity index (χ2n) is 6.05. The standard InChI is InChI=1S/C16H17ClF3N5O/c1-16(4-5-26-15(21)23-16)10-6-9(2-3-12(10)18)22-7-13-11(17)8-25(24-13)14(19)20/h2-3,6,8,14,22H,4-5,7H2,1H3,(H2,21,23)/t16-/m0/s1. The Labute approximate surface area is 152 Å². The lowest BCUT2D eigenvalue weighted by molar-refractivity contribution is 0.0562. The van der Waals surface area contributed by atoms with Crippen molar-refractivity contribution in [2.75, 3.05) is 11.9 Å². The number of halogens is 4. The van der Waals surface area contributed by atoms with Crippen molar-refractivity contribution in [2.24, 2.45) is 10.7 Å². The molecule has 3 rings (SSSR count). The molecule has 6 nitrogen and oxygen atoms in total. The predicted molar refractivity (Wildman–Crippen MR) is 91.8 cm³/mol. The average molecular weight is 388 g/mol. The molecular formula is C16H17ClF3N5O. The van der Waals surface area contributed by atoms with Crippen LogP contribution in [0.25, 0.3) is 0 Å². The Morgan fingerprint density at radius 1 is 1.46 bits per heavy atom. The van der Waals surface area contributed by atoms with Crippen LogP contribution in [-0.4, -0.2) is 22.4 Å². The lowest BCUT2D eigenvalue weighted by atomic mass is 9.88. The first-order chi connectivity index (χ1) is 12.3. The molecule has 0 bridgehead atoms. The van der Waals surface area contributed by atoms with Gasteiger partial charge in [-0.05, 0) is 25.1 Å². The van der Waals surface area contributed by atoms with Crippen LogP contribution in [0.5, 0.6) is 0 Å². The normalized spacial score (nSPS) is 20.0. The molecule has 140 valence electrons. The summed E-state index contributed by atoms with van der Waals surface area (Å²) in [5, 5.41) is 6.85. The van der Waals surface area contributed by atoms with Gasteiger partial charge >= 0.3 is 6.55 Å². The number of nitrogens with zero attached hydrogens (tertiary/aromatic N) is 3. The van der Waals surface area contributed by atoms with Crippen molar-refractivity contribution in [1.82, 2.24) is 9.78 Å². The third kappa shape index (κ3) is 3.72. The quantitative estimate of drug-likeness (QED) is 0.821. The van der Waals surface area contributed by atoms with E-state index in [0.717, 1.165) is 6.20 Å². The van der Waals surface area contributed by atoms with Gasteiger partial charge < -0.3 is 15.8 Å². The van der Waals surface area contributed by atoms with Gasteiger partial charge in [0.25, 0.3) is 6.02 Å². The molecule has 1 aliphatic rings. The number of amidine groups is 1. The van der Waals surface area contributed by atoms with Gasteiger partial charge in [-0.2, -0.15) is 13.9 Å². The Kier molecular flexibility index (Phi) is 4.99. The Bertz CT molecular complexity index is 841. The molecule has 0 spiro atoms. The van der Waals surface area contributed by atoms with E-state index < -0.39 is 17.9 Å². The minimum Gasteiger partial charge on any atom is -0.465 e. The molecule has 0 aliphatic carbocycles. The number of nitrogens with one attached hydrogen (secondary N) is 1. The summed E-state index contributed by atoms with van der Waals surface area (Å²) >= 11 is 5.91. The zero-order chi connectivity index (χ0) is 18.9. The van der Waals surface area contributed by atoms with Gasteiger partial charge in [0.2, 0.25) is 0 Å². The summed E-state index contributed by atoms with van der Waals surface area (Å²) in [7, 11) is 0. The summed E-state index contributed by atoms with van der Waals surface area (Å²) in [4.78, 5) is 4.23. The monoisotopic (exact) mass is 387 g/mol. The van der Waals surface area contributed by atoms with E-state index in [-0.39, 0.29) is 23.3 Å². The van der Waals surface area contributed by atoms with E-state index in [1.54, 1.807) is 13.0 Å². The van der Waals surface area contributed by atoms with Crippen molar-refractivity contribution >= 4 is 23.3 Å². The molecule has 0 fully saturated rings. The molecule has 1 aliphatic heterocycles. The highest BCUT2D eigenvalue weighted by Gasteiger charge is 2.32. The van der Waals surface area contributed by atoms with Crippen LogP contribution in [0.15, 0.2) is 29.4 Å². The highest BCUT2D eigenvalue weighted by molar-refractivity contribution is 6.31. The number of hydrogen-bond donors (Lipinski definition) is 2. The van der Waals surface area contributed by atoms with Crippen LogP contribution < -0.4 is 11.1 Å². The van der Waals surface area contributed by atoms with E-state index in [9.17, 15) is 13.2 Å². The van der Waals surface area contributed by atoms with E-state index in [2.05, 4.69) is 15.4 Å². The van der Waals surface area contributed by atoms with Crippen molar-refractivity contribution in [2.45, 2.75) is 32.0 Å². The zero-order valence-electron chi connectivity index (χ0n) is 13.8. The van der Waals surface area contributed by atoms with Gasteiger partial charge in [-0.25, -0.2) is 14.1 Å². The predicted octanol–water partition coefficient (Wildman–Crippen LogP) is 3.63. The number of rotatable bonds is 5. The van der Waals surface area contributed by atoms with Gasteiger partial charge in [0.1, 0.15) is 11.5 Å². The molecule has 2 aromatic rings. The summed E-state index contributed by atoms with van der Waals surface area (Å²) in [6.07, 6.45) is 1.53. The van der Waals surface area contributed by atoms with Crippen LogP contribution in [0.3, 0.4) is 0 Å². The third-order valence-corrected chi connectivity index (χ3v) is 4.48. The van der Waals surface area contributed by atoms with Crippen LogP contribution in [0.4, 0.5) is 18.9 Å². The lowest BCUT2D eigenvalue weighted by Gasteiger charge is -2.30. The van der Waals surface area contributed by atoms with Gasteiger partial charge in [0.15, 0.2) is 0 Å². The number of aliphatic imine (C=N–C) groups is 1. The van der Waals surface area contributed by atoms with Gasteiger partial charge in [-0.3, -0.25) is 0 Å². The van der Waals surface area contributed by atoms with Crippen LogP contribution >= 0.6 is 11.6 Å². The Hall–Kier alpha value is -2.42. The second kappa shape index (κ2) is 7.06. The van der Waals surface area contributed by atoms with Crippen molar-refractivity contribution in [3.05, 3.63) is 46.5 Å². The van der Waals surface area contributed by atoms with Crippen molar-refractivity contribution in [3.63, 3.8) is 0 Å². The van der Waals surface area contributed by atoms with Gasteiger partial charge in [-0.15, -0.1) is 0 Å². The maximum absolute atomic E-state index is 14.3. The van der Waals surface area contributed by atoms with Crippen LogP contribution in [-0.2, 0) is 16.8 Å². The molecule has 0 radical (unpaired) electrons. The number of hydrogen-bond acceptors (Lipinski definition) is 5. The Morgan fingerprint density at radius 3 is 2.88 bits per heavy atom. The molecule has 0 saturated carbocycles. The SMILES string of the molecule is C[C@@]1(c2cc(NCc3nn(C(F)F)cc3Cl)ccc2F)CCOC(N)=N1. The zero-order valence-corrected chi connectivity index (χ0v) is 14.6. The van der Waals surface area contributed by atoms with E-state index in [1.807, 2.05) is 0 Å². The summed E-state index contributed by atoms with van der Waals surface area (Å²) < 4.78 is 45.2. The van der Waals surface area contributed by atoms with Crippen LogP contribution in [0.2, 0.25) is 5.02 Å². The molecule has 0 amide bonds. The number of benzene rings is 1. The molecule has 0 saturated heterocycles. The first-order valence-corrected chi connectivity index (χ1v) is 8.20. The van der Waals surface area contributed by atoms with Crippen LogP contribution in [0.1, 0.15) is 31.2 Å². The molecule has 0 unspecified atom stereocenters. The molecule has 2 heterocycles. The Morgan fingerprint density at radius 2 is 2.23 bits per heavy atom. The second-order valence-corrected chi connectivity index (χ2v) is 6.46. The minimum absolute atomic E-state index is 0.0147. The molecule has 26 heavy (non-hydrogen) atoms. The molecule has 1 atom stereocenters. The van der Waals surface area contributed by atoms with Crippen LogP contribution in [0, 0.1) is 5.82 Å². The number of nitrogens with two attached hydrogens (primary N) is 1. The summed E-state index contributed by atoms with van der Waals surface area (Å²) in [5.41, 5.74) is 5.96. The lowest BCUT2D eigenvalue weighted by Crippen LogP contribution is -2.34. The first kappa shape index (κ1) is 18.4. The maximum atomic E-state index is 14.3. The Balaban J connectivity index is 1.81. The number of ether oxygens (including phenoxy) is 1.